The molecule has 0 aliphatic rings. The van der Waals surface area contributed by atoms with Crippen LogP contribution in [0.5, 0.6) is 0 Å². The van der Waals surface area contributed by atoms with E-state index < -0.39 is 7.32 Å². The van der Waals surface area contributed by atoms with Gasteiger partial charge in [-0.3, -0.25) is 0 Å². The highest BCUT2D eigenvalue weighted by molar-refractivity contribution is 7.99. The molecule has 3 atom stereocenters. The molecule has 0 radical (unpaired) electrons. The van der Waals surface area contributed by atoms with Crippen molar-refractivity contribution in [1.29, 1.82) is 0 Å². The highest BCUT2D eigenvalue weighted by Crippen LogP contribution is 2.20. The van der Waals surface area contributed by atoms with Crippen LogP contribution in [0, 0.1) is 0 Å². The molecule has 3 unspecified atom stereocenters. The minimum Gasteiger partial charge on any atom is -0.374 e. The standard InChI is InChI=1S/C11H25BO3S3/c1-6-9(16)13-12(14-10(7-2)17-4)15-11(8-3)18-5/h9-11,16H,6-8H2,1-5H3. The lowest BCUT2D eigenvalue weighted by molar-refractivity contribution is 0.0673. The topological polar surface area (TPSA) is 27.7 Å². The summed E-state index contributed by atoms with van der Waals surface area (Å²) in [6.07, 6.45) is 6.70. The van der Waals surface area contributed by atoms with Crippen LogP contribution in [0.3, 0.4) is 0 Å². The lowest BCUT2D eigenvalue weighted by Crippen LogP contribution is -2.35. The van der Waals surface area contributed by atoms with Gasteiger partial charge in [-0.1, -0.05) is 20.8 Å². The van der Waals surface area contributed by atoms with Crippen molar-refractivity contribution in [2.75, 3.05) is 12.5 Å². The summed E-state index contributed by atoms with van der Waals surface area (Å²) in [5.74, 6) is 0. The Morgan fingerprint density at radius 1 is 0.889 bits per heavy atom. The highest BCUT2D eigenvalue weighted by Gasteiger charge is 2.30. The van der Waals surface area contributed by atoms with Crippen LogP contribution in [0.4, 0.5) is 0 Å². The molecule has 0 saturated heterocycles. The monoisotopic (exact) mass is 312 g/mol. The molecule has 0 rings (SSSR count). The van der Waals surface area contributed by atoms with Gasteiger partial charge < -0.3 is 14.0 Å². The maximum atomic E-state index is 5.81. The van der Waals surface area contributed by atoms with Crippen molar-refractivity contribution in [3.05, 3.63) is 0 Å². The van der Waals surface area contributed by atoms with Gasteiger partial charge >= 0.3 is 7.32 Å². The van der Waals surface area contributed by atoms with Crippen LogP contribution >= 0.6 is 36.2 Å². The second-order valence-electron chi connectivity index (χ2n) is 3.71. The smallest absolute Gasteiger partial charge is 0.374 e. The van der Waals surface area contributed by atoms with Gasteiger partial charge in [0, 0.05) is 0 Å². The molecule has 0 aliphatic heterocycles. The maximum absolute atomic E-state index is 5.81. The summed E-state index contributed by atoms with van der Waals surface area (Å²) in [5.41, 5.74) is 0.0206. The van der Waals surface area contributed by atoms with Crippen LogP contribution in [-0.2, 0) is 14.0 Å². The Morgan fingerprint density at radius 2 is 1.33 bits per heavy atom. The molecule has 18 heavy (non-hydrogen) atoms. The Balaban J connectivity index is 4.39. The van der Waals surface area contributed by atoms with Gasteiger partial charge in [-0.25, -0.2) is 0 Å². The van der Waals surface area contributed by atoms with E-state index in [0.717, 1.165) is 19.3 Å². The van der Waals surface area contributed by atoms with Crippen molar-refractivity contribution in [2.45, 2.75) is 56.3 Å². The zero-order valence-electron chi connectivity index (χ0n) is 11.9. The number of rotatable bonds is 11. The summed E-state index contributed by atoms with van der Waals surface area (Å²) < 4.78 is 17.3. The first-order valence-electron chi connectivity index (χ1n) is 6.31. The zero-order chi connectivity index (χ0) is 14.0. The van der Waals surface area contributed by atoms with Gasteiger partial charge in [0.05, 0.1) is 16.3 Å². The molecule has 0 aromatic rings. The van der Waals surface area contributed by atoms with Crippen molar-refractivity contribution in [3.8, 4) is 0 Å². The zero-order valence-corrected chi connectivity index (χ0v) is 14.4. The van der Waals surface area contributed by atoms with E-state index >= 15 is 0 Å². The van der Waals surface area contributed by atoms with Crippen molar-refractivity contribution in [1.82, 2.24) is 0 Å². The molecule has 0 aromatic carbocycles. The minimum absolute atomic E-state index is 0.0896. The average Bonchev–Trinajstić information content (AvgIpc) is 2.41. The van der Waals surface area contributed by atoms with Crippen LogP contribution < -0.4 is 0 Å². The van der Waals surface area contributed by atoms with E-state index in [0.29, 0.717) is 0 Å². The van der Waals surface area contributed by atoms with Crippen molar-refractivity contribution in [2.24, 2.45) is 0 Å². The fourth-order valence-electron chi connectivity index (χ4n) is 1.21. The van der Waals surface area contributed by atoms with E-state index in [1.54, 1.807) is 23.5 Å². The molecule has 3 nitrogen and oxygen atoms in total. The Morgan fingerprint density at radius 3 is 1.61 bits per heavy atom. The SMILES string of the molecule is CCC(S)OB(OC(CC)SC)OC(CC)SC. The summed E-state index contributed by atoms with van der Waals surface area (Å²) in [4.78, 5) is 0. The molecular formula is C11H25BO3S3. The Labute approximate surface area is 126 Å². The molecule has 0 heterocycles. The van der Waals surface area contributed by atoms with Crippen LogP contribution in [0.15, 0.2) is 0 Å². The number of hydrogen-bond donors (Lipinski definition) is 1. The summed E-state index contributed by atoms with van der Waals surface area (Å²) >= 11 is 7.66. The third kappa shape index (κ3) is 8.22. The molecule has 7 heteroatoms. The van der Waals surface area contributed by atoms with Gasteiger partial charge in [-0.05, 0) is 31.8 Å². The Hall–Kier alpha value is 0.995. The summed E-state index contributed by atoms with van der Waals surface area (Å²) in [6.45, 7) is 6.19. The first-order valence-corrected chi connectivity index (χ1v) is 9.40. The first kappa shape index (κ1) is 19.0. The van der Waals surface area contributed by atoms with Crippen LogP contribution in [0.2, 0.25) is 0 Å². The fraction of sp³-hybridized carbons (Fsp3) is 1.00. The van der Waals surface area contributed by atoms with E-state index in [9.17, 15) is 0 Å². The van der Waals surface area contributed by atoms with Gasteiger partial charge in [0.25, 0.3) is 0 Å². The fourth-order valence-corrected chi connectivity index (χ4v) is 2.38. The van der Waals surface area contributed by atoms with E-state index in [1.807, 2.05) is 19.4 Å². The molecule has 0 fully saturated rings. The second-order valence-corrected chi connectivity index (χ2v) is 6.28. The maximum Gasteiger partial charge on any atom is 0.641 e. The van der Waals surface area contributed by atoms with E-state index in [-0.39, 0.29) is 16.3 Å². The van der Waals surface area contributed by atoms with Crippen molar-refractivity contribution >= 4 is 43.5 Å². The third-order valence-electron chi connectivity index (χ3n) is 2.34. The third-order valence-corrected chi connectivity index (χ3v) is 4.76. The Kier molecular flexibility index (Phi) is 12.4. The second kappa shape index (κ2) is 11.8. The molecule has 0 saturated carbocycles. The largest absolute Gasteiger partial charge is 0.641 e. The molecule has 0 aliphatic carbocycles. The van der Waals surface area contributed by atoms with E-state index in [4.69, 9.17) is 14.0 Å². The van der Waals surface area contributed by atoms with Crippen molar-refractivity contribution < 1.29 is 14.0 Å². The number of thiol groups is 1. The van der Waals surface area contributed by atoms with Gasteiger partial charge in [0.15, 0.2) is 0 Å². The quantitative estimate of drug-likeness (QED) is 0.355. The predicted octanol–water partition coefficient (Wildman–Crippen LogP) is 3.89. The lowest BCUT2D eigenvalue weighted by Gasteiger charge is -2.24. The molecule has 0 spiro atoms. The summed E-state index contributed by atoms with van der Waals surface area (Å²) in [7, 11) is -0.637. The number of thioether (sulfide) groups is 2. The number of hydrogen-bond acceptors (Lipinski definition) is 6. The lowest BCUT2D eigenvalue weighted by atomic mass is 10.2. The van der Waals surface area contributed by atoms with Crippen molar-refractivity contribution in [3.63, 3.8) is 0 Å². The van der Waals surface area contributed by atoms with Crippen LogP contribution in [0.1, 0.15) is 40.0 Å². The highest BCUT2D eigenvalue weighted by atomic mass is 32.2. The average molecular weight is 312 g/mol. The van der Waals surface area contributed by atoms with Crippen LogP contribution in [-0.4, -0.2) is 36.1 Å². The Bertz CT molecular complexity index is 178. The normalized spacial score (nSPS) is 16.3. The molecule has 0 bridgehead atoms. The molecular weight excluding hydrogens is 287 g/mol. The van der Waals surface area contributed by atoms with Crippen LogP contribution in [0.25, 0.3) is 0 Å². The first-order chi connectivity index (χ1) is 8.60. The van der Waals surface area contributed by atoms with Gasteiger partial charge in [0.1, 0.15) is 0 Å². The van der Waals surface area contributed by atoms with Gasteiger partial charge in [-0.2, -0.15) is 0 Å². The van der Waals surface area contributed by atoms with E-state index in [1.165, 1.54) is 0 Å². The minimum atomic E-state index is -0.637. The molecule has 108 valence electrons. The van der Waals surface area contributed by atoms with E-state index in [2.05, 4.69) is 26.5 Å². The molecule has 0 N–H and O–H groups in total. The summed E-state index contributed by atoms with van der Waals surface area (Å²) in [5, 5.41) is 0. The van der Waals surface area contributed by atoms with Gasteiger partial charge in [-0.15, -0.1) is 36.2 Å². The summed E-state index contributed by atoms with van der Waals surface area (Å²) in [6, 6.07) is 0. The van der Waals surface area contributed by atoms with Gasteiger partial charge in [0.2, 0.25) is 0 Å². The predicted molar refractivity (Wildman–Crippen MR) is 87.3 cm³/mol. The molecule has 0 amide bonds. The molecule has 0 aromatic heterocycles.